The molecule has 0 radical (unpaired) electrons. The second-order valence-electron chi connectivity index (χ2n) is 4.76. The molecule has 2 heteroatoms. The number of hydrogen-bond acceptors (Lipinski definition) is 2. The maximum absolute atomic E-state index is 8.74. The first-order valence-electron chi connectivity index (χ1n) is 6.95. The molecule has 2 aromatic rings. The number of aryl methyl sites for hydroxylation is 1. The Balaban J connectivity index is 2.01. The fourth-order valence-electron chi connectivity index (χ4n) is 1.92. The zero-order chi connectivity index (χ0) is 14.2. The fraction of sp³-hybridized carbons (Fsp3) is 0.222. The predicted octanol–water partition coefficient (Wildman–Crippen LogP) is 4.65. The first kappa shape index (κ1) is 14.0. The van der Waals surface area contributed by atoms with Gasteiger partial charge in [-0.05, 0) is 48.2 Å². The van der Waals surface area contributed by atoms with Gasteiger partial charge in [0.15, 0.2) is 0 Å². The smallest absolute Gasteiger partial charge is 0.0991 e. The standard InChI is InChI=1S/C18H18N2/c1-2-3-4-15-9-11-18(12-10-15)20-14-17-7-5-16(13-19)6-8-17/h5-12,14H,2-4H2,1H3/b20-14+. The zero-order valence-electron chi connectivity index (χ0n) is 11.7. The number of benzene rings is 2. The van der Waals surface area contributed by atoms with Gasteiger partial charge in [-0.2, -0.15) is 5.26 Å². The molecule has 0 fully saturated rings. The van der Waals surface area contributed by atoms with Crippen molar-refractivity contribution in [2.24, 2.45) is 4.99 Å². The van der Waals surface area contributed by atoms with Gasteiger partial charge in [0.25, 0.3) is 0 Å². The molecule has 0 unspecified atom stereocenters. The van der Waals surface area contributed by atoms with Gasteiger partial charge in [0.2, 0.25) is 0 Å². The van der Waals surface area contributed by atoms with Gasteiger partial charge in [-0.1, -0.05) is 37.6 Å². The number of unbranched alkanes of at least 4 members (excludes halogenated alkanes) is 1. The third-order valence-electron chi connectivity index (χ3n) is 3.16. The molecule has 0 saturated heterocycles. The van der Waals surface area contributed by atoms with Crippen molar-refractivity contribution < 1.29 is 0 Å². The van der Waals surface area contributed by atoms with E-state index in [-0.39, 0.29) is 0 Å². The molecule has 20 heavy (non-hydrogen) atoms. The lowest BCUT2D eigenvalue weighted by Crippen LogP contribution is -1.84. The molecule has 2 rings (SSSR count). The Bertz CT molecular complexity index is 601. The number of hydrogen-bond donors (Lipinski definition) is 0. The van der Waals surface area contributed by atoms with Crippen molar-refractivity contribution in [3.63, 3.8) is 0 Å². The molecule has 0 bridgehead atoms. The van der Waals surface area contributed by atoms with Gasteiger partial charge in [-0.15, -0.1) is 0 Å². The Labute approximate surface area is 120 Å². The average molecular weight is 262 g/mol. The zero-order valence-corrected chi connectivity index (χ0v) is 11.7. The van der Waals surface area contributed by atoms with Crippen molar-refractivity contribution in [2.75, 3.05) is 0 Å². The number of rotatable bonds is 5. The maximum atomic E-state index is 8.74. The third kappa shape index (κ3) is 4.07. The third-order valence-corrected chi connectivity index (χ3v) is 3.16. The van der Waals surface area contributed by atoms with Crippen LogP contribution < -0.4 is 0 Å². The van der Waals surface area contributed by atoms with Crippen LogP contribution in [0.25, 0.3) is 0 Å². The van der Waals surface area contributed by atoms with Crippen LogP contribution in [0.4, 0.5) is 5.69 Å². The molecular formula is C18H18N2. The molecule has 0 saturated carbocycles. The number of aliphatic imine (C=N–C) groups is 1. The van der Waals surface area contributed by atoms with E-state index in [1.807, 2.05) is 30.5 Å². The van der Waals surface area contributed by atoms with Crippen molar-refractivity contribution in [2.45, 2.75) is 26.2 Å². The molecule has 0 N–H and O–H groups in total. The van der Waals surface area contributed by atoms with Crippen LogP contribution in [0.2, 0.25) is 0 Å². The normalized spacial score (nSPS) is 10.6. The lowest BCUT2D eigenvalue weighted by atomic mass is 10.1. The maximum Gasteiger partial charge on any atom is 0.0991 e. The SMILES string of the molecule is CCCCc1ccc(/N=C/c2ccc(C#N)cc2)cc1. The van der Waals surface area contributed by atoms with Crippen LogP contribution >= 0.6 is 0 Å². The van der Waals surface area contributed by atoms with Crippen LogP contribution in [0.1, 0.15) is 36.5 Å². The van der Waals surface area contributed by atoms with E-state index in [0.717, 1.165) is 17.7 Å². The Morgan fingerprint density at radius 3 is 2.35 bits per heavy atom. The summed E-state index contributed by atoms with van der Waals surface area (Å²) in [5.41, 5.74) is 3.99. The molecule has 0 aliphatic carbocycles. The Hall–Kier alpha value is -2.40. The molecule has 2 aromatic carbocycles. The van der Waals surface area contributed by atoms with Crippen LogP contribution in [-0.4, -0.2) is 6.21 Å². The molecule has 0 heterocycles. The molecule has 0 aliphatic heterocycles. The van der Waals surface area contributed by atoms with Crippen molar-refractivity contribution in [3.8, 4) is 6.07 Å². The van der Waals surface area contributed by atoms with Gasteiger partial charge in [0.05, 0.1) is 17.3 Å². The minimum atomic E-state index is 0.669. The summed E-state index contributed by atoms with van der Waals surface area (Å²) < 4.78 is 0. The summed E-state index contributed by atoms with van der Waals surface area (Å²) >= 11 is 0. The van der Waals surface area contributed by atoms with Gasteiger partial charge < -0.3 is 0 Å². The largest absolute Gasteiger partial charge is 0.256 e. The molecular weight excluding hydrogens is 244 g/mol. The van der Waals surface area contributed by atoms with Crippen molar-refractivity contribution in [3.05, 3.63) is 65.2 Å². The summed E-state index contributed by atoms with van der Waals surface area (Å²) in [7, 11) is 0. The first-order chi connectivity index (χ1) is 9.81. The molecule has 0 atom stereocenters. The molecule has 2 nitrogen and oxygen atoms in total. The molecule has 0 aliphatic rings. The average Bonchev–Trinajstić information content (AvgIpc) is 2.52. The summed E-state index contributed by atoms with van der Waals surface area (Å²) in [6.45, 7) is 2.20. The van der Waals surface area contributed by atoms with Crippen molar-refractivity contribution in [1.82, 2.24) is 0 Å². The van der Waals surface area contributed by atoms with E-state index in [1.54, 1.807) is 12.1 Å². The van der Waals surface area contributed by atoms with Crippen LogP contribution in [0.15, 0.2) is 53.5 Å². The van der Waals surface area contributed by atoms with Crippen LogP contribution in [0, 0.1) is 11.3 Å². The van der Waals surface area contributed by atoms with Crippen LogP contribution in [-0.2, 0) is 6.42 Å². The minimum Gasteiger partial charge on any atom is -0.256 e. The topological polar surface area (TPSA) is 36.1 Å². The number of nitrogens with zero attached hydrogens (tertiary/aromatic N) is 2. The first-order valence-corrected chi connectivity index (χ1v) is 6.95. The summed E-state index contributed by atoms with van der Waals surface area (Å²) in [6, 6.07) is 17.9. The van der Waals surface area contributed by atoms with Crippen LogP contribution in [0.5, 0.6) is 0 Å². The van der Waals surface area contributed by atoms with Gasteiger partial charge in [0, 0.05) is 6.21 Å². The van der Waals surface area contributed by atoms with Gasteiger partial charge in [0.1, 0.15) is 0 Å². The van der Waals surface area contributed by atoms with E-state index in [1.165, 1.54) is 18.4 Å². The van der Waals surface area contributed by atoms with E-state index in [0.29, 0.717) is 5.56 Å². The highest BCUT2D eigenvalue weighted by Gasteiger charge is 1.94. The monoisotopic (exact) mass is 262 g/mol. The van der Waals surface area contributed by atoms with E-state index < -0.39 is 0 Å². The van der Waals surface area contributed by atoms with Gasteiger partial charge in [-0.3, -0.25) is 4.99 Å². The van der Waals surface area contributed by atoms with E-state index >= 15 is 0 Å². The quantitative estimate of drug-likeness (QED) is 0.722. The lowest BCUT2D eigenvalue weighted by Gasteiger charge is -2.00. The van der Waals surface area contributed by atoms with Crippen molar-refractivity contribution >= 4 is 11.9 Å². The molecule has 0 spiro atoms. The summed E-state index contributed by atoms with van der Waals surface area (Å²) in [5, 5.41) is 8.74. The van der Waals surface area contributed by atoms with E-state index in [4.69, 9.17) is 5.26 Å². The Morgan fingerprint density at radius 1 is 1.05 bits per heavy atom. The highest BCUT2D eigenvalue weighted by atomic mass is 14.7. The van der Waals surface area contributed by atoms with Crippen molar-refractivity contribution in [1.29, 1.82) is 5.26 Å². The Kier molecular flexibility index (Phi) is 5.08. The summed E-state index contributed by atoms with van der Waals surface area (Å²) in [4.78, 5) is 4.45. The van der Waals surface area contributed by atoms with E-state index in [2.05, 4.69) is 30.1 Å². The highest BCUT2D eigenvalue weighted by Crippen LogP contribution is 2.14. The second-order valence-corrected chi connectivity index (χ2v) is 4.76. The summed E-state index contributed by atoms with van der Waals surface area (Å²) in [6.07, 6.45) is 5.41. The summed E-state index contributed by atoms with van der Waals surface area (Å²) in [5.74, 6) is 0. The predicted molar refractivity (Wildman–Crippen MR) is 83.5 cm³/mol. The Morgan fingerprint density at radius 2 is 1.75 bits per heavy atom. The van der Waals surface area contributed by atoms with Gasteiger partial charge >= 0.3 is 0 Å². The second kappa shape index (κ2) is 7.25. The van der Waals surface area contributed by atoms with E-state index in [9.17, 15) is 0 Å². The lowest BCUT2D eigenvalue weighted by molar-refractivity contribution is 0.795. The fourth-order valence-corrected chi connectivity index (χ4v) is 1.92. The highest BCUT2D eigenvalue weighted by molar-refractivity contribution is 5.82. The number of nitriles is 1. The minimum absolute atomic E-state index is 0.669. The molecule has 100 valence electrons. The molecule has 0 aromatic heterocycles. The van der Waals surface area contributed by atoms with Crippen LogP contribution in [0.3, 0.4) is 0 Å². The van der Waals surface area contributed by atoms with Gasteiger partial charge in [-0.25, -0.2) is 0 Å². The molecule has 0 amide bonds.